The molecule has 0 bridgehead atoms. The molecule has 1 radical (unpaired) electrons. The molecule has 1 heteroatoms. The van der Waals surface area contributed by atoms with Crippen LogP contribution in [0.4, 0.5) is 0 Å². The first-order valence-electron chi connectivity index (χ1n) is 4.77. The normalized spacial score (nSPS) is 13.5. The van der Waals surface area contributed by atoms with Gasteiger partial charge in [-0.1, -0.05) is 31.9 Å². The monoisotopic (exact) mass is 167 g/mol. The summed E-state index contributed by atoms with van der Waals surface area (Å²) in [6.45, 7) is 4.16. The van der Waals surface area contributed by atoms with Crippen LogP contribution in [0.15, 0.2) is 12.2 Å². The van der Waals surface area contributed by atoms with Crippen LogP contribution in [0.5, 0.6) is 0 Å². The zero-order valence-corrected chi connectivity index (χ0v) is 8.18. The first kappa shape index (κ1) is 11.4. The van der Waals surface area contributed by atoms with E-state index in [0.717, 1.165) is 6.42 Å². The lowest BCUT2D eigenvalue weighted by Crippen LogP contribution is -1.94. The lowest BCUT2D eigenvalue weighted by molar-refractivity contribution is 0.486. The molecule has 0 aromatic rings. The summed E-state index contributed by atoms with van der Waals surface area (Å²) in [6.07, 6.45) is 11.6. The van der Waals surface area contributed by atoms with E-state index in [0.29, 0.717) is 12.3 Å². The van der Waals surface area contributed by atoms with Gasteiger partial charge < -0.3 is 0 Å². The van der Waals surface area contributed by atoms with Crippen molar-refractivity contribution in [3.8, 4) is 0 Å². The Kier molecular flexibility index (Phi) is 8.09. The standard InChI is InChI=1S/C11H19O/c1-3-4-5-6-7-8-11(2)9-10-12/h3-4,11H,5-9H2,1-2H3. The van der Waals surface area contributed by atoms with Gasteiger partial charge in [-0.15, -0.1) is 0 Å². The highest BCUT2D eigenvalue weighted by atomic mass is 16.1. The minimum absolute atomic E-state index is 0.521. The quantitative estimate of drug-likeness (QED) is 0.420. The van der Waals surface area contributed by atoms with Crippen LogP contribution in [0.3, 0.4) is 0 Å². The minimum atomic E-state index is 0.521. The predicted octanol–water partition coefficient (Wildman–Crippen LogP) is 3.26. The van der Waals surface area contributed by atoms with Crippen LogP contribution in [-0.2, 0) is 4.79 Å². The van der Waals surface area contributed by atoms with Gasteiger partial charge in [0, 0.05) is 6.42 Å². The van der Waals surface area contributed by atoms with Gasteiger partial charge in [0.2, 0.25) is 0 Å². The molecule has 1 nitrogen and oxygen atoms in total. The van der Waals surface area contributed by atoms with Gasteiger partial charge in [-0.3, -0.25) is 4.79 Å². The Morgan fingerprint density at radius 2 is 2.17 bits per heavy atom. The molecular formula is C11H19O. The molecular weight excluding hydrogens is 148 g/mol. The maximum absolute atomic E-state index is 10.0. The van der Waals surface area contributed by atoms with Gasteiger partial charge in [-0.2, -0.15) is 0 Å². The Hall–Kier alpha value is -0.590. The van der Waals surface area contributed by atoms with Crippen molar-refractivity contribution < 1.29 is 4.79 Å². The third-order valence-corrected chi connectivity index (χ3v) is 1.99. The molecule has 0 fully saturated rings. The summed E-state index contributed by atoms with van der Waals surface area (Å²) >= 11 is 0. The third-order valence-electron chi connectivity index (χ3n) is 1.99. The number of hydrogen-bond donors (Lipinski definition) is 0. The minimum Gasteiger partial charge on any atom is -0.291 e. The molecule has 0 heterocycles. The fourth-order valence-corrected chi connectivity index (χ4v) is 1.17. The van der Waals surface area contributed by atoms with Gasteiger partial charge >= 0.3 is 0 Å². The SMILES string of the molecule is CC=CCCCCC(C)C[C]=O. The van der Waals surface area contributed by atoms with Crippen molar-refractivity contribution in [2.45, 2.75) is 46.0 Å². The molecule has 0 N–H and O–H groups in total. The molecule has 0 rings (SSSR count). The van der Waals surface area contributed by atoms with E-state index in [9.17, 15) is 4.79 Å². The second kappa shape index (κ2) is 8.51. The van der Waals surface area contributed by atoms with Gasteiger partial charge in [0.05, 0.1) is 0 Å². The molecule has 69 valence electrons. The number of unbranched alkanes of at least 4 members (excludes halogenated alkanes) is 2. The lowest BCUT2D eigenvalue weighted by atomic mass is 10.0. The topological polar surface area (TPSA) is 17.1 Å². The number of hydrogen-bond acceptors (Lipinski definition) is 1. The third kappa shape index (κ3) is 7.52. The molecule has 0 aromatic carbocycles. The number of allylic oxidation sites excluding steroid dienone is 2. The van der Waals surface area contributed by atoms with Crippen LogP contribution in [0.25, 0.3) is 0 Å². The maximum atomic E-state index is 10.0. The Morgan fingerprint density at radius 3 is 2.75 bits per heavy atom. The summed E-state index contributed by atoms with van der Waals surface area (Å²) in [5.41, 5.74) is 0. The Bertz CT molecular complexity index is 127. The van der Waals surface area contributed by atoms with E-state index in [-0.39, 0.29) is 0 Å². The Morgan fingerprint density at radius 1 is 1.42 bits per heavy atom. The smallest absolute Gasteiger partial charge is 0.198 e. The van der Waals surface area contributed by atoms with Crippen LogP contribution in [0.1, 0.15) is 46.0 Å². The van der Waals surface area contributed by atoms with Crippen molar-refractivity contribution >= 4 is 6.29 Å². The highest BCUT2D eigenvalue weighted by molar-refractivity contribution is 5.50. The zero-order valence-electron chi connectivity index (χ0n) is 8.18. The van der Waals surface area contributed by atoms with Gasteiger partial charge in [0.1, 0.15) is 0 Å². The molecule has 12 heavy (non-hydrogen) atoms. The average Bonchev–Trinajstić information content (AvgIpc) is 2.05. The molecule has 0 aliphatic rings. The fraction of sp³-hybridized carbons (Fsp3) is 0.727. The van der Waals surface area contributed by atoms with E-state index in [4.69, 9.17) is 0 Å². The van der Waals surface area contributed by atoms with Crippen LogP contribution >= 0.6 is 0 Å². The van der Waals surface area contributed by atoms with Crippen LogP contribution in [-0.4, -0.2) is 6.29 Å². The predicted molar refractivity (Wildman–Crippen MR) is 52.8 cm³/mol. The first-order chi connectivity index (χ1) is 5.81. The van der Waals surface area contributed by atoms with E-state index in [1.807, 2.05) is 13.2 Å². The summed E-state index contributed by atoms with van der Waals surface area (Å²) in [4.78, 5) is 10.0. The highest BCUT2D eigenvalue weighted by Crippen LogP contribution is 2.11. The summed E-state index contributed by atoms with van der Waals surface area (Å²) in [6, 6.07) is 0. The van der Waals surface area contributed by atoms with Gasteiger partial charge in [-0.25, -0.2) is 0 Å². The molecule has 0 saturated carbocycles. The van der Waals surface area contributed by atoms with E-state index < -0.39 is 0 Å². The van der Waals surface area contributed by atoms with Gasteiger partial charge in [-0.05, 0) is 25.7 Å². The maximum Gasteiger partial charge on any atom is 0.198 e. The zero-order chi connectivity index (χ0) is 9.23. The molecule has 1 unspecified atom stereocenters. The van der Waals surface area contributed by atoms with Crippen molar-refractivity contribution in [1.29, 1.82) is 0 Å². The van der Waals surface area contributed by atoms with Gasteiger partial charge in [0.15, 0.2) is 6.29 Å². The summed E-state index contributed by atoms with van der Waals surface area (Å²) in [5.74, 6) is 0.521. The van der Waals surface area contributed by atoms with Crippen molar-refractivity contribution in [2.75, 3.05) is 0 Å². The van der Waals surface area contributed by atoms with E-state index in [1.54, 1.807) is 0 Å². The van der Waals surface area contributed by atoms with Crippen molar-refractivity contribution in [2.24, 2.45) is 5.92 Å². The highest BCUT2D eigenvalue weighted by Gasteiger charge is 1.99. The largest absolute Gasteiger partial charge is 0.291 e. The van der Waals surface area contributed by atoms with E-state index in [1.165, 1.54) is 19.3 Å². The van der Waals surface area contributed by atoms with Crippen LogP contribution in [0.2, 0.25) is 0 Å². The molecule has 0 saturated heterocycles. The number of carbonyl (C=O) groups excluding carboxylic acids is 1. The Balaban J connectivity index is 3.13. The number of rotatable bonds is 7. The Labute approximate surface area is 75.9 Å². The summed E-state index contributed by atoms with van der Waals surface area (Å²) in [7, 11) is 0. The fourth-order valence-electron chi connectivity index (χ4n) is 1.17. The molecule has 0 spiro atoms. The van der Waals surface area contributed by atoms with Gasteiger partial charge in [0.25, 0.3) is 0 Å². The summed E-state index contributed by atoms with van der Waals surface area (Å²) < 4.78 is 0. The van der Waals surface area contributed by atoms with Crippen LogP contribution < -0.4 is 0 Å². The summed E-state index contributed by atoms with van der Waals surface area (Å²) in [5, 5.41) is 0. The molecule has 1 atom stereocenters. The van der Waals surface area contributed by atoms with Crippen molar-refractivity contribution in [1.82, 2.24) is 0 Å². The second-order valence-electron chi connectivity index (χ2n) is 3.31. The molecule has 0 aliphatic heterocycles. The molecule has 0 amide bonds. The first-order valence-corrected chi connectivity index (χ1v) is 4.77. The van der Waals surface area contributed by atoms with E-state index in [2.05, 4.69) is 19.1 Å². The van der Waals surface area contributed by atoms with Crippen LogP contribution in [0, 0.1) is 5.92 Å². The molecule has 0 aliphatic carbocycles. The van der Waals surface area contributed by atoms with Crippen molar-refractivity contribution in [3.63, 3.8) is 0 Å². The van der Waals surface area contributed by atoms with Crippen molar-refractivity contribution in [3.05, 3.63) is 12.2 Å². The lowest BCUT2D eigenvalue weighted by Gasteiger charge is -2.04. The van der Waals surface area contributed by atoms with E-state index >= 15 is 0 Å². The second-order valence-corrected chi connectivity index (χ2v) is 3.31. The molecule has 0 aromatic heterocycles. The average molecular weight is 167 g/mol.